The molecule has 1 amide bonds. The summed E-state index contributed by atoms with van der Waals surface area (Å²) in [4.78, 5) is 29.2. The van der Waals surface area contributed by atoms with Crippen LogP contribution < -0.4 is 10.7 Å². The van der Waals surface area contributed by atoms with Gasteiger partial charge in [-0.3, -0.25) is 9.59 Å². The Kier molecular flexibility index (Phi) is 4.80. The second-order valence-electron chi connectivity index (χ2n) is 7.53. The largest absolute Gasteiger partial charge is 0.359 e. The monoisotopic (exact) mass is 360 g/mol. The van der Waals surface area contributed by atoms with Crippen molar-refractivity contribution in [2.45, 2.75) is 38.5 Å². The number of benzene rings is 2. The molecule has 1 aliphatic rings. The smallest absolute Gasteiger partial charge is 0.231 e. The zero-order chi connectivity index (χ0) is 18.7. The summed E-state index contributed by atoms with van der Waals surface area (Å²) < 4.78 is 0. The van der Waals surface area contributed by atoms with Crippen molar-refractivity contribution in [3.05, 3.63) is 76.6 Å². The number of H-pyrrole nitrogens is 1. The minimum Gasteiger partial charge on any atom is -0.359 e. The maximum Gasteiger partial charge on any atom is 0.231 e. The number of amides is 1. The minimum absolute atomic E-state index is 0.0353. The van der Waals surface area contributed by atoms with Gasteiger partial charge >= 0.3 is 0 Å². The Morgan fingerprint density at radius 3 is 2.44 bits per heavy atom. The first-order valence-electron chi connectivity index (χ1n) is 9.64. The number of aromatic nitrogens is 1. The van der Waals surface area contributed by atoms with Crippen LogP contribution in [0.2, 0.25) is 0 Å². The van der Waals surface area contributed by atoms with Gasteiger partial charge in [0.15, 0.2) is 0 Å². The summed E-state index contributed by atoms with van der Waals surface area (Å²) in [6.45, 7) is 0. The lowest BCUT2D eigenvalue weighted by Gasteiger charge is -2.36. The summed E-state index contributed by atoms with van der Waals surface area (Å²) in [7, 11) is 0. The molecule has 0 saturated heterocycles. The summed E-state index contributed by atoms with van der Waals surface area (Å²) in [5.41, 5.74) is 1.69. The van der Waals surface area contributed by atoms with E-state index in [1.54, 1.807) is 12.3 Å². The molecule has 0 atom stereocenters. The number of hydrogen-bond acceptors (Lipinski definition) is 2. The number of aromatic amines is 1. The molecule has 4 nitrogen and oxygen atoms in total. The van der Waals surface area contributed by atoms with E-state index in [0.717, 1.165) is 31.2 Å². The first-order chi connectivity index (χ1) is 13.2. The second-order valence-corrected chi connectivity index (χ2v) is 7.53. The highest BCUT2D eigenvalue weighted by molar-refractivity contribution is 5.97. The Balaban J connectivity index is 1.64. The Morgan fingerprint density at radius 1 is 0.963 bits per heavy atom. The van der Waals surface area contributed by atoms with Crippen LogP contribution in [-0.4, -0.2) is 10.9 Å². The molecule has 1 saturated carbocycles. The van der Waals surface area contributed by atoms with Gasteiger partial charge in [0.05, 0.1) is 5.41 Å². The lowest BCUT2D eigenvalue weighted by molar-refractivity contribution is -0.127. The highest BCUT2D eigenvalue weighted by Gasteiger charge is 2.39. The van der Waals surface area contributed by atoms with Crippen molar-refractivity contribution in [3.8, 4) is 0 Å². The molecular weight excluding hydrogens is 336 g/mol. The van der Waals surface area contributed by atoms with Crippen molar-refractivity contribution in [2.24, 2.45) is 5.41 Å². The molecule has 1 heterocycles. The third-order valence-electron chi connectivity index (χ3n) is 5.71. The third kappa shape index (κ3) is 3.52. The van der Waals surface area contributed by atoms with E-state index in [0.29, 0.717) is 17.5 Å². The molecule has 0 bridgehead atoms. The molecule has 4 heteroatoms. The quantitative estimate of drug-likeness (QED) is 0.711. The van der Waals surface area contributed by atoms with Crippen LogP contribution in [0.15, 0.2) is 65.6 Å². The van der Waals surface area contributed by atoms with Crippen LogP contribution in [0.4, 0.5) is 5.69 Å². The van der Waals surface area contributed by atoms with Gasteiger partial charge in [0, 0.05) is 17.1 Å². The fourth-order valence-electron chi connectivity index (χ4n) is 4.21. The summed E-state index contributed by atoms with van der Waals surface area (Å²) in [6.07, 6.45) is 7.31. The number of fused-ring (bicyclic) bond motifs is 1. The van der Waals surface area contributed by atoms with Crippen LogP contribution in [0.3, 0.4) is 0 Å². The van der Waals surface area contributed by atoms with Gasteiger partial charge in [0.25, 0.3) is 0 Å². The predicted molar refractivity (Wildman–Crippen MR) is 109 cm³/mol. The molecule has 3 aromatic rings. The van der Waals surface area contributed by atoms with Crippen LogP contribution in [0.5, 0.6) is 0 Å². The lowest BCUT2D eigenvalue weighted by Crippen LogP contribution is -2.40. The Labute approximate surface area is 158 Å². The van der Waals surface area contributed by atoms with E-state index in [4.69, 9.17) is 0 Å². The lowest BCUT2D eigenvalue weighted by atomic mass is 9.69. The SMILES string of the molecule is O=C(Nc1c[nH]c2ccccc2c1=O)C1(Cc2ccccc2)CCCCC1. The van der Waals surface area contributed by atoms with Gasteiger partial charge in [0.2, 0.25) is 11.3 Å². The number of carbonyl (C=O) groups excluding carboxylic acids is 1. The molecule has 0 aliphatic heterocycles. The summed E-state index contributed by atoms with van der Waals surface area (Å²) in [5, 5.41) is 3.54. The van der Waals surface area contributed by atoms with Crippen molar-refractivity contribution in [1.29, 1.82) is 0 Å². The minimum atomic E-state index is -0.447. The van der Waals surface area contributed by atoms with Gasteiger partial charge in [-0.2, -0.15) is 0 Å². The number of para-hydroxylation sites is 1. The van der Waals surface area contributed by atoms with Crippen LogP contribution >= 0.6 is 0 Å². The predicted octanol–water partition coefficient (Wildman–Crippen LogP) is 4.66. The van der Waals surface area contributed by atoms with Gasteiger partial charge in [-0.05, 0) is 37.0 Å². The van der Waals surface area contributed by atoms with E-state index in [1.165, 1.54) is 12.0 Å². The molecule has 0 unspecified atom stereocenters. The molecule has 0 radical (unpaired) electrons. The number of anilines is 1. The maximum absolute atomic E-state index is 13.3. The van der Waals surface area contributed by atoms with E-state index in [2.05, 4.69) is 22.4 Å². The summed E-state index contributed by atoms with van der Waals surface area (Å²) in [6, 6.07) is 17.5. The van der Waals surface area contributed by atoms with E-state index in [1.807, 2.05) is 36.4 Å². The fraction of sp³-hybridized carbons (Fsp3) is 0.304. The molecule has 0 spiro atoms. The average Bonchev–Trinajstić information content (AvgIpc) is 2.72. The van der Waals surface area contributed by atoms with Crippen molar-refractivity contribution >= 4 is 22.5 Å². The number of rotatable bonds is 4. The molecule has 2 aromatic carbocycles. The van der Waals surface area contributed by atoms with Crippen molar-refractivity contribution < 1.29 is 4.79 Å². The molecular formula is C23H24N2O2. The van der Waals surface area contributed by atoms with E-state index < -0.39 is 5.41 Å². The highest BCUT2D eigenvalue weighted by atomic mass is 16.2. The van der Waals surface area contributed by atoms with Gasteiger partial charge in [-0.25, -0.2) is 0 Å². The topological polar surface area (TPSA) is 62.0 Å². The fourth-order valence-corrected chi connectivity index (χ4v) is 4.21. The van der Waals surface area contributed by atoms with Gasteiger partial charge in [-0.15, -0.1) is 0 Å². The van der Waals surface area contributed by atoms with Gasteiger partial charge in [0.1, 0.15) is 5.69 Å². The Bertz CT molecular complexity index is 1000. The molecule has 1 aromatic heterocycles. The molecule has 1 aliphatic carbocycles. The van der Waals surface area contributed by atoms with E-state index in [9.17, 15) is 9.59 Å². The standard InChI is InChI=1S/C23H24N2O2/c26-21-18-11-5-6-12-19(18)24-16-20(21)25-22(27)23(13-7-2-8-14-23)15-17-9-3-1-4-10-17/h1,3-6,9-12,16H,2,7-8,13-15H2,(H,24,26)(H,25,27). The molecule has 1 fully saturated rings. The highest BCUT2D eigenvalue weighted by Crippen LogP contribution is 2.40. The van der Waals surface area contributed by atoms with Gasteiger partial charge in [-0.1, -0.05) is 61.7 Å². The van der Waals surface area contributed by atoms with Crippen LogP contribution in [0.1, 0.15) is 37.7 Å². The number of carbonyl (C=O) groups is 1. The van der Waals surface area contributed by atoms with Crippen LogP contribution in [0.25, 0.3) is 10.9 Å². The Morgan fingerprint density at radius 2 is 1.67 bits per heavy atom. The zero-order valence-electron chi connectivity index (χ0n) is 15.3. The number of nitrogens with one attached hydrogen (secondary N) is 2. The van der Waals surface area contributed by atoms with Crippen molar-refractivity contribution in [2.75, 3.05) is 5.32 Å². The van der Waals surface area contributed by atoms with E-state index in [-0.39, 0.29) is 11.3 Å². The number of pyridine rings is 1. The number of hydrogen-bond donors (Lipinski definition) is 2. The van der Waals surface area contributed by atoms with Crippen molar-refractivity contribution in [1.82, 2.24) is 4.98 Å². The third-order valence-corrected chi connectivity index (χ3v) is 5.71. The average molecular weight is 360 g/mol. The van der Waals surface area contributed by atoms with E-state index >= 15 is 0 Å². The summed E-state index contributed by atoms with van der Waals surface area (Å²) >= 11 is 0. The van der Waals surface area contributed by atoms with Crippen molar-refractivity contribution in [3.63, 3.8) is 0 Å². The first-order valence-corrected chi connectivity index (χ1v) is 9.64. The summed E-state index contributed by atoms with van der Waals surface area (Å²) in [5.74, 6) is -0.0353. The van der Waals surface area contributed by atoms with Crippen LogP contribution in [-0.2, 0) is 11.2 Å². The Hall–Kier alpha value is -2.88. The first kappa shape index (κ1) is 17.5. The van der Waals surface area contributed by atoms with Crippen LogP contribution in [0, 0.1) is 5.41 Å². The normalized spacial score (nSPS) is 16.1. The molecule has 138 valence electrons. The molecule has 2 N–H and O–H groups in total. The zero-order valence-corrected chi connectivity index (χ0v) is 15.3. The maximum atomic E-state index is 13.3. The van der Waals surface area contributed by atoms with Gasteiger partial charge < -0.3 is 10.3 Å². The molecule has 4 rings (SSSR count). The molecule has 27 heavy (non-hydrogen) atoms. The second kappa shape index (κ2) is 7.39.